The number of nitrogens with zero attached hydrogens (tertiary/aromatic N) is 2. The molecule has 0 unspecified atom stereocenters. The summed E-state index contributed by atoms with van der Waals surface area (Å²) in [6.07, 6.45) is 7.25. The summed E-state index contributed by atoms with van der Waals surface area (Å²) in [5, 5.41) is 4.28. The smallest absolute Gasteiger partial charge is 0.187 e. The van der Waals surface area contributed by atoms with Gasteiger partial charge in [0.05, 0.1) is 0 Å². The molecular formula is C11H19N3S. The molecule has 84 valence electrons. The summed E-state index contributed by atoms with van der Waals surface area (Å²) in [5.74, 6) is 1.11. The fourth-order valence-electron chi connectivity index (χ4n) is 1.18. The van der Waals surface area contributed by atoms with Gasteiger partial charge in [0.2, 0.25) is 0 Å². The van der Waals surface area contributed by atoms with Crippen LogP contribution in [0, 0.1) is 0 Å². The summed E-state index contributed by atoms with van der Waals surface area (Å²) in [7, 11) is 0. The maximum absolute atomic E-state index is 4.16. The Bertz CT molecular complexity index is 241. The van der Waals surface area contributed by atoms with Crippen LogP contribution in [0.1, 0.15) is 26.2 Å². The Kier molecular flexibility index (Phi) is 7.21. The molecule has 0 aliphatic heterocycles. The number of thioether (sulfide) groups is 1. The first kappa shape index (κ1) is 12.5. The second-order valence-corrected chi connectivity index (χ2v) is 4.40. The first-order valence-corrected chi connectivity index (χ1v) is 6.52. The van der Waals surface area contributed by atoms with Gasteiger partial charge in [-0.3, -0.25) is 0 Å². The van der Waals surface area contributed by atoms with Gasteiger partial charge in [-0.05, 0) is 38.4 Å². The summed E-state index contributed by atoms with van der Waals surface area (Å²) in [4.78, 5) is 8.32. The van der Waals surface area contributed by atoms with Crippen LogP contribution < -0.4 is 5.32 Å². The quantitative estimate of drug-likeness (QED) is 0.419. The summed E-state index contributed by atoms with van der Waals surface area (Å²) in [5.41, 5.74) is 0. The molecule has 0 aromatic carbocycles. The summed E-state index contributed by atoms with van der Waals surface area (Å²) in [6, 6.07) is 1.85. The summed E-state index contributed by atoms with van der Waals surface area (Å²) >= 11 is 1.73. The molecule has 3 nitrogen and oxygen atoms in total. The minimum absolute atomic E-state index is 0.888. The third-order valence-corrected chi connectivity index (χ3v) is 2.91. The van der Waals surface area contributed by atoms with Crippen LogP contribution in [0.4, 0.5) is 0 Å². The Labute approximate surface area is 96.1 Å². The lowest BCUT2D eigenvalue weighted by molar-refractivity contribution is 0.635. The van der Waals surface area contributed by atoms with Crippen LogP contribution in [0.2, 0.25) is 0 Å². The summed E-state index contributed by atoms with van der Waals surface area (Å²) in [6.45, 7) is 4.45. The second kappa shape index (κ2) is 8.68. The van der Waals surface area contributed by atoms with E-state index < -0.39 is 0 Å². The van der Waals surface area contributed by atoms with Crippen LogP contribution in [-0.4, -0.2) is 28.8 Å². The molecule has 0 saturated carbocycles. The van der Waals surface area contributed by atoms with Crippen LogP contribution >= 0.6 is 11.8 Å². The molecule has 4 heteroatoms. The molecule has 0 bridgehead atoms. The van der Waals surface area contributed by atoms with Crippen molar-refractivity contribution in [3.63, 3.8) is 0 Å². The van der Waals surface area contributed by atoms with Gasteiger partial charge in [-0.15, -0.1) is 0 Å². The highest BCUT2D eigenvalue weighted by molar-refractivity contribution is 7.99. The van der Waals surface area contributed by atoms with Crippen molar-refractivity contribution in [2.24, 2.45) is 0 Å². The van der Waals surface area contributed by atoms with Gasteiger partial charge in [-0.1, -0.05) is 18.7 Å². The van der Waals surface area contributed by atoms with Crippen molar-refractivity contribution in [3.8, 4) is 0 Å². The number of hydrogen-bond donors (Lipinski definition) is 1. The Morgan fingerprint density at radius 2 is 2.00 bits per heavy atom. The third kappa shape index (κ3) is 6.47. The second-order valence-electron chi connectivity index (χ2n) is 3.34. The van der Waals surface area contributed by atoms with Crippen molar-refractivity contribution in [2.75, 3.05) is 18.8 Å². The van der Waals surface area contributed by atoms with Gasteiger partial charge >= 0.3 is 0 Å². The highest BCUT2D eigenvalue weighted by Crippen LogP contribution is 2.12. The van der Waals surface area contributed by atoms with Gasteiger partial charge < -0.3 is 5.32 Å². The predicted octanol–water partition coefficient (Wildman–Crippen LogP) is 2.35. The highest BCUT2D eigenvalue weighted by Gasteiger charge is 1.95. The molecule has 0 aliphatic rings. The zero-order valence-corrected chi connectivity index (χ0v) is 10.1. The fourth-order valence-corrected chi connectivity index (χ4v) is 1.98. The van der Waals surface area contributed by atoms with Crippen molar-refractivity contribution in [1.82, 2.24) is 15.3 Å². The molecule has 1 heterocycles. The molecule has 0 fully saturated rings. The summed E-state index contributed by atoms with van der Waals surface area (Å²) < 4.78 is 0. The van der Waals surface area contributed by atoms with E-state index in [9.17, 15) is 0 Å². The van der Waals surface area contributed by atoms with E-state index in [1.807, 2.05) is 6.07 Å². The van der Waals surface area contributed by atoms with E-state index in [4.69, 9.17) is 0 Å². The lowest BCUT2D eigenvalue weighted by atomic mass is 10.3. The topological polar surface area (TPSA) is 37.8 Å². The Hall–Kier alpha value is -0.610. The SMILES string of the molecule is CCCNCCCCSc1ncccn1. The van der Waals surface area contributed by atoms with Crippen LogP contribution in [0.25, 0.3) is 0 Å². The van der Waals surface area contributed by atoms with Crippen molar-refractivity contribution in [1.29, 1.82) is 0 Å². The molecule has 0 amide bonds. The molecule has 0 aliphatic carbocycles. The minimum atomic E-state index is 0.888. The number of rotatable bonds is 8. The number of unbranched alkanes of at least 4 members (excludes halogenated alkanes) is 1. The Balaban J connectivity index is 1.93. The maximum atomic E-state index is 4.16. The largest absolute Gasteiger partial charge is 0.317 e. The van der Waals surface area contributed by atoms with E-state index in [1.165, 1.54) is 19.3 Å². The maximum Gasteiger partial charge on any atom is 0.187 e. The molecule has 15 heavy (non-hydrogen) atoms. The average Bonchev–Trinajstić information content (AvgIpc) is 2.29. The van der Waals surface area contributed by atoms with Crippen molar-refractivity contribution < 1.29 is 0 Å². The number of aromatic nitrogens is 2. The molecule has 1 N–H and O–H groups in total. The first-order chi connectivity index (χ1) is 7.43. The van der Waals surface area contributed by atoms with Crippen molar-refractivity contribution in [2.45, 2.75) is 31.3 Å². The van der Waals surface area contributed by atoms with E-state index in [2.05, 4.69) is 22.2 Å². The van der Waals surface area contributed by atoms with E-state index >= 15 is 0 Å². The standard InChI is InChI=1S/C11H19N3S/c1-2-6-12-7-3-4-10-15-11-13-8-5-9-14-11/h5,8-9,12H,2-4,6-7,10H2,1H3. The minimum Gasteiger partial charge on any atom is -0.317 e. The molecule has 0 radical (unpaired) electrons. The van der Waals surface area contributed by atoms with E-state index in [1.54, 1.807) is 24.2 Å². The Morgan fingerprint density at radius 3 is 2.73 bits per heavy atom. The molecule has 0 saturated heterocycles. The molecular weight excluding hydrogens is 206 g/mol. The van der Waals surface area contributed by atoms with Gasteiger partial charge in [0, 0.05) is 18.1 Å². The van der Waals surface area contributed by atoms with Gasteiger partial charge in [-0.25, -0.2) is 9.97 Å². The average molecular weight is 225 g/mol. The normalized spacial score (nSPS) is 10.5. The van der Waals surface area contributed by atoms with Crippen molar-refractivity contribution in [3.05, 3.63) is 18.5 Å². The van der Waals surface area contributed by atoms with Crippen LogP contribution in [-0.2, 0) is 0 Å². The Morgan fingerprint density at radius 1 is 1.20 bits per heavy atom. The van der Waals surface area contributed by atoms with Crippen LogP contribution in [0.15, 0.2) is 23.6 Å². The van der Waals surface area contributed by atoms with Gasteiger partial charge in [-0.2, -0.15) is 0 Å². The first-order valence-electron chi connectivity index (χ1n) is 5.54. The van der Waals surface area contributed by atoms with Gasteiger partial charge in [0.15, 0.2) is 5.16 Å². The zero-order chi connectivity index (χ0) is 10.8. The molecule has 0 spiro atoms. The monoisotopic (exact) mass is 225 g/mol. The zero-order valence-electron chi connectivity index (χ0n) is 9.28. The fraction of sp³-hybridized carbons (Fsp3) is 0.636. The van der Waals surface area contributed by atoms with Gasteiger partial charge in [0.1, 0.15) is 0 Å². The van der Waals surface area contributed by atoms with Crippen molar-refractivity contribution >= 4 is 11.8 Å². The van der Waals surface area contributed by atoms with Crippen LogP contribution in [0.3, 0.4) is 0 Å². The third-order valence-electron chi connectivity index (χ3n) is 1.95. The lowest BCUT2D eigenvalue weighted by Gasteiger charge is -2.02. The molecule has 1 aromatic heterocycles. The number of hydrogen-bond acceptors (Lipinski definition) is 4. The molecule has 0 atom stereocenters. The molecule has 1 aromatic rings. The van der Waals surface area contributed by atoms with E-state index in [0.717, 1.165) is 24.0 Å². The van der Waals surface area contributed by atoms with E-state index in [-0.39, 0.29) is 0 Å². The highest BCUT2D eigenvalue weighted by atomic mass is 32.2. The predicted molar refractivity (Wildman–Crippen MR) is 65.2 cm³/mol. The lowest BCUT2D eigenvalue weighted by Crippen LogP contribution is -2.15. The number of nitrogens with one attached hydrogen (secondary N) is 1. The van der Waals surface area contributed by atoms with E-state index in [0.29, 0.717) is 0 Å². The molecule has 1 rings (SSSR count). The van der Waals surface area contributed by atoms with Gasteiger partial charge in [0.25, 0.3) is 0 Å². The van der Waals surface area contributed by atoms with Crippen LogP contribution in [0.5, 0.6) is 0 Å².